The summed E-state index contributed by atoms with van der Waals surface area (Å²) in [6.07, 6.45) is 0. The lowest BCUT2D eigenvalue weighted by atomic mass is 9.67. The van der Waals surface area contributed by atoms with Gasteiger partial charge in [-0.2, -0.15) is 0 Å². The molecule has 54 heavy (non-hydrogen) atoms. The summed E-state index contributed by atoms with van der Waals surface area (Å²) in [6.45, 7) is 0. The van der Waals surface area contributed by atoms with Crippen LogP contribution in [0, 0.1) is 0 Å². The van der Waals surface area contributed by atoms with Gasteiger partial charge in [-0.05, 0) is 109 Å². The normalized spacial score (nSPS) is 12.6. The van der Waals surface area contributed by atoms with E-state index in [2.05, 4.69) is 229 Å². The fourth-order valence-corrected chi connectivity index (χ4v) is 8.65. The van der Waals surface area contributed by atoms with E-state index in [-0.39, 0.29) is 0 Å². The highest BCUT2D eigenvalue weighted by Crippen LogP contribution is 2.57. The summed E-state index contributed by atoms with van der Waals surface area (Å²) in [6, 6.07) is 82.0. The molecule has 10 rings (SSSR count). The van der Waals surface area contributed by atoms with Crippen LogP contribution in [-0.2, 0) is 5.41 Å². The van der Waals surface area contributed by atoms with Crippen LogP contribution < -0.4 is 4.90 Å². The summed E-state index contributed by atoms with van der Waals surface area (Å²) in [5, 5.41) is 2.50. The number of nitrogens with zero attached hydrogens (tertiary/aromatic N) is 1. The van der Waals surface area contributed by atoms with Gasteiger partial charge in [0.2, 0.25) is 0 Å². The second kappa shape index (κ2) is 13.2. The van der Waals surface area contributed by atoms with Crippen LogP contribution in [0.2, 0.25) is 0 Å². The minimum Gasteiger partial charge on any atom is -0.310 e. The number of hydrogen-bond acceptors (Lipinski definition) is 1. The number of hydrogen-bond donors (Lipinski definition) is 0. The highest BCUT2D eigenvalue weighted by atomic mass is 15.1. The summed E-state index contributed by atoms with van der Waals surface area (Å²) in [5.41, 5.74) is 15.3. The summed E-state index contributed by atoms with van der Waals surface area (Å²) < 4.78 is 0. The fraction of sp³-hybridized carbons (Fsp3) is 0.0189. The lowest BCUT2D eigenvalue weighted by Gasteiger charge is -2.35. The Morgan fingerprint density at radius 2 is 0.796 bits per heavy atom. The first kappa shape index (κ1) is 31.7. The van der Waals surface area contributed by atoms with E-state index in [1.165, 1.54) is 66.4 Å². The average molecular weight is 688 g/mol. The number of fused-ring (bicyclic) bond motifs is 4. The lowest BCUT2D eigenvalue weighted by Crippen LogP contribution is -2.28. The molecule has 254 valence electrons. The van der Waals surface area contributed by atoms with Gasteiger partial charge in [0.15, 0.2) is 0 Å². The number of rotatable bonds is 7. The molecule has 0 spiro atoms. The molecule has 0 aliphatic heterocycles. The molecule has 0 atom stereocenters. The van der Waals surface area contributed by atoms with Crippen LogP contribution >= 0.6 is 0 Å². The van der Waals surface area contributed by atoms with E-state index in [1.54, 1.807) is 0 Å². The van der Waals surface area contributed by atoms with E-state index in [0.29, 0.717) is 0 Å². The summed E-state index contributed by atoms with van der Waals surface area (Å²) in [7, 11) is 0. The van der Waals surface area contributed by atoms with Crippen LogP contribution in [0.1, 0.15) is 22.3 Å². The minimum atomic E-state index is -0.484. The number of benzene rings is 9. The first-order valence-corrected chi connectivity index (χ1v) is 18.7. The molecule has 0 radical (unpaired) electrons. The van der Waals surface area contributed by atoms with Gasteiger partial charge in [0, 0.05) is 17.1 Å². The van der Waals surface area contributed by atoms with Crippen molar-refractivity contribution in [3.05, 3.63) is 247 Å². The summed E-state index contributed by atoms with van der Waals surface area (Å²) in [4.78, 5) is 2.42. The topological polar surface area (TPSA) is 3.24 Å². The Kier molecular flexibility index (Phi) is 7.78. The first-order valence-electron chi connectivity index (χ1n) is 18.7. The Morgan fingerprint density at radius 1 is 0.278 bits per heavy atom. The lowest BCUT2D eigenvalue weighted by molar-refractivity contribution is 0.768. The Labute approximate surface area is 317 Å². The van der Waals surface area contributed by atoms with E-state index in [0.717, 1.165) is 17.1 Å². The molecule has 9 aromatic carbocycles. The van der Waals surface area contributed by atoms with E-state index in [9.17, 15) is 0 Å². The second-order valence-electron chi connectivity index (χ2n) is 14.1. The predicted molar refractivity (Wildman–Crippen MR) is 227 cm³/mol. The van der Waals surface area contributed by atoms with Crippen molar-refractivity contribution in [1.82, 2.24) is 0 Å². The van der Waals surface area contributed by atoms with Gasteiger partial charge in [-0.15, -0.1) is 0 Å². The molecule has 1 aliphatic rings. The highest BCUT2D eigenvalue weighted by molar-refractivity contribution is 5.91. The molecular weight excluding hydrogens is 651 g/mol. The third-order valence-electron chi connectivity index (χ3n) is 11.1. The van der Waals surface area contributed by atoms with E-state index in [4.69, 9.17) is 0 Å². The molecule has 0 heterocycles. The molecule has 1 nitrogen and oxygen atoms in total. The second-order valence-corrected chi connectivity index (χ2v) is 14.1. The molecule has 0 fully saturated rings. The van der Waals surface area contributed by atoms with E-state index in [1.807, 2.05) is 0 Å². The zero-order valence-corrected chi connectivity index (χ0v) is 29.8. The third-order valence-corrected chi connectivity index (χ3v) is 11.1. The SMILES string of the molecule is c1ccc(-c2cccc(N(c3ccc(-c4ccc5ccccc5c4)cc3)c3ccc4c(c3)C(c3ccccc3)(c3ccccc3)c3ccccc3-4)c2)cc1. The Bertz CT molecular complexity index is 2710. The standard InChI is InChI=1S/C53H37N/c1-4-15-38(16-5-1)42-19-14-24-47(36-42)54(46-31-29-40(30-32-46)43-28-27-39-17-10-11-18-41(39)35-43)48-33-34-50-49-25-12-13-26-51(49)53(52(50)37-48,44-20-6-2-7-21-44)45-22-8-3-9-23-45/h1-37H. The van der Waals surface area contributed by atoms with Gasteiger partial charge in [0.1, 0.15) is 0 Å². The van der Waals surface area contributed by atoms with Gasteiger partial charge in [-0.3, -0.25) is 0 Å². The van der Waals surface area contributed by atoms with Crippen molar-refractivity contribution in [2.24, 2.45) is 0 Å². The van der Waals surface area contributed by atoms with Gasteiger partial charge in [-0.25, -0.2) is 0 Å². The van der Waals surface area contributed by atoms with Crippen molar-refractivity contribution >= 4 is 27.8 Å². The largest absolute Gasteiger partial charge is 0.310 e. The van der Waals surface area contributed by atoms with Gasteiger partial charge in [0.05, 0.1) is 5.41 Å². The van der Waals surface area contributed by atoms with Gasteiger partial charge in [-0.1, -0.05) is 182 Å². The van der Waals surface area contributed by atoms with Crippen LogP contribution in [0.15, 0.2) is 224 Å². The van der Waals surface area contributed by atoms with Crippen molar-refractivity contribution < 1.29 is 0 Å². The molecule has 0 amide bonds. The molecule has 0 N–H and O–H groups in total. The van der Waals surface area contributed by atoms with Crippen LogP contribution in [0.5, 0.6) is 0 Å². The molecule has 0 saturated heterocycles. The van der Waals surface area contributed by atoms with E-state index >= 15 is 0 Å². The minimum absolute atomic E-state index is 0.484. The molecule has 0 bridgehead atoms. The van der Waals surface area contributed by atoms with Crippen LogP contribution in [0.4, 0.5) is 17.1 Å². The molecule has 1 aliphatic carbocycles. The fourth-order valence-electron chi connectivity index (χ4n) is 8.65. The maximum atomic E-state index is 2.45. The monoisotopic (exact) mass is 687 g/mol. The number of anilines is 3. The zero-order chi connectivity index (χ0) is 35.9. The molecular formula is C53H37N. The predicted octanol–water partition coefficient (Wildman–Crippen LogP) is 14.0. The quantitative estimate of drug-likeness (QED) is 0.161. The molecule has 1 heteroatoms. The van der Waals surface area contributed by atoms with Crippen LogP contribution in [0.3, 0.4) is 0 Å². The van der Waals surface area contributed by atoms with Crippen LogP contribution in [0.25, 0.3) is 44.2 Å². The molecule has 9 aromatic rings. The smallest absolute Gasteiger partial charge is 0.0714 e. The first-order chi connectivity index (χ1) is 26.8. The summed E-state index contributed by atoms with van der Waals surface area (Å²) in [5.74, 6) is 0. The van der Waals surface area contributed by atoms with Gasteiger partial charge < -0.3 is 4.90 Å². The Morgan fingerprint density at radius 3 is 1.54 bits per heavy atom. The van der Waals surface area contributed by atoms with Crippen LogP contribution in [-0.4, -0.2) is 0 Å². The molecule has 0 unspecified atom stereocenters. The maximum absolute atomic E-state index is 2.45. The zero-order valence-electron chi connectivity index (χ0n) is 29.8. The third kappa shape index (κ3) is 5.25. The van der Waals surface area contributed by atoms with E-state index < -0.39 is 5.41 Å². The highest BCUT2D eigenvalue weighted by Gasteiger charge is 2.46. The van der Waals surface area contributed by atoms with Crippen molar-refractivity contribution in [3.8, 4) is 33.4 Å². The van der Waals surface area contributed by atoms with Crippen molar-refractivity contribution in [2.75, 3.05) is 4.90 Å². The summed E-state index contributed by atoms with van der Waals surface area (Å²) >= 11 is 0. The Hall–Kier alpha value is -6.96. The molecule has 0 saturated carbocycles. The average Bonchev–Trinajstić information content (AvgIpc) is 3.55. The molecule has 0 aromatic heterocycles. The van der Waals surface area contributed by atoms with Gasteiger partial charge >= 0.3 is 0 Å². The van der Waals surface area contributed by atoms with Crippen molar-refractivity contribution in [3.63, 3.8) is 0 Å². The maximum Gasteiger partial charge on any atom is 0.0714 e. The Balaban J connectivity index is 1.18. The van der Waals surface area contributed by atoms with Crippen molar-refractivity contribution in [1.29, 1.82) is 0 Å². The van der Waals surface area contributed by atoms with Crippen molar-refractivity contribution in [2.45, 2.75) is 5.41 Å². The van der Waals surface area contributed by atoms with Gasteiger partial charge in [0.25, 0.3) is 0 Å².